The normalized spacial score (nSPS) is 17.8. The molecule has 7 heteroatoms. The zero-order valence-electron chi connectivity index (χ0n) is 15.4. The molecule has 1 aromatic carbocycles. The second-order valence-electron chi connectivity index (χ2n) is 6.39. The predicted octanol–water partition coefficient (Wildman–Crippen LogP) is 1.68. The Hall–Kier alpha value is -2.54. The van der Waals surface area contributed by atoms with Crippen molar-refractivity contribution < 1.29 is 14.3 Å². The first kappa shape index (κ1) is 18.3. The van der Waals surface area contributed by atoms with E-state index in [1.807, 2.05) is 35.9 Å². The van der Waals surface area contributed by atoms with E-state index < -0.39 is 0 Å². The van der Waals surface area contributed by atoms with Crippen molar-refractivity contribution in [2.45, 2.75) is 32.5 Å². The van der Waals surface area contributed by atoms with Crippen LogP contribution in [0.3, 0.4) is 0 Å². The Kier molecular flexibility index (Phi) is 6.12. The fourth-order valence-corrected chi connectivity index (χ4v) is 3.12. The first-order valence-corrected chi connectivity index (χ1v) is 8.95. The molecule has 1 amide bonds. The zero-order valence-corrected chi connectivity index (χ0v) is 15.4. The van der Waals surface area contributed by atoms with Crippen molar-refractivity contribution in [2.24, 2.45) is 0 Å². The topological polar surface area (TPSA) is 68.6 Å². The molecule has 1 saturated heterocycles. The first-order chi connectivity index (χ1) is 12.7. The lowest BCUT2D eigenvalue weighted by atomic mass is 10.1. The first-order valence-electron chi connectivity index (χ1n) is 8.95. The number of hydrogen-bond donors (Lipinski definition) is 1. The number of benzene rings is 1. The molecular formula is C19H26N4O3. The highest BCUT2D eigenvalue weighted by atomic mass is 16.5. The van der Waals surface area contributed by atoms with E-state index in [0.717, 1.165) is 36.6 Å². The van der Waals surface area contributed by atoms with Gasteiger partial charge in [-0.3, -0.25) is 9.69 Å². The number of piperazine rings is 1. The molecule has 1 fully saturated rings. The van der Waals surface area contributed by atoms with Crippen LogP contribution in [0.1, 0.15) is 18.9 Å². The smallest absolute Gasteiger partial charge is 0.237 e. The Bertz CT molecular complexity index is 718. The molecular weight excluding hydrogens is 332 g/mol. The average Bonchev–Trinajstić information content (AvgIpc) is 3.16. The van der Waals surface area contributed by atoms with E-state index in [4.69, 9.17) is 9.47 Å². The van der Waals surface area contributed by atoms with Gasteiger partial charge in [-0.25, -0.2) is 4.98 Å². The standard InChI is InChI=1S/C19H26N4O3/c1-15-19(24)21-8-11-23(15)13-16-5-3-6-17(25-2)18(16)26-12-4-9-22-10-7-20-14-22/h3,5-7,10,14-15H,4,8-9,11-13H2,1-2H3,(H,21,24)/t15-/m0/s1. The van der Waals surface area contributed by atoms with Crippen LogP contribution in [0.15, 0.2) is 36.9 Å². The van der Waals surface area contributed by atoms with Crippen LogP contribution < -0.4 is 14.8 Å². The Morgan fingerprint density at radius 3 is 3.04 bits per heavy atom. The van der Waals surface area contributed by atoms with Crippen LogP contribution in [0, 0.1) is 0 Å². The summed E-state index contributed by atoms with van der Waals surface area (Å²) in [5.41, 5.74) is 1.04. The molecule has 1 aromatic heterocycles. The summed E-state index contributed by atoms with van der Waals surface area (Å²) in [5, 5.41) is 2.90. The summed E-state index contributed by atoms with van der Waals surface area (Å²) >= 11 is 0. The molecule has 3 rings (SSSR count). The lowest BCUT2D eigenvalue weighted by molar-refractivity contribution is -0.128. The van der Waals surface area contributed by atoms with Gasteiger partial charge < -0.3 is 19.4 Å². The van der Waals surface area contributed by atoms with Crippen molar-refractivity contribution in [1.29, 1.82) is 0 Å². The summed E-state index contributed by atoms with van der Waals surface area (Å²) in [6.07, 6.45) is 6.39. The van der Waals surface area contributed by atoms with Gasteiger partial charge in [0.15, 0.2) is 11.5 Å². The van der Waals surface area contributed by atoms with Gasteiger partial charge in [-0.1, -0.05) is 12.1 Å². The SMILES string of the molecule is COc1cccc(CN2CCNC(=O)[C@@H]2C)c1OCCCn1ccnc1. The minimum atomic E-state index is -0.149. The minimum absolute atomic E-state index is 0.0712. The van der Waals surface area contributed by atoms with Gasteiger partial charge in [0.05, 0.1) is 26.1 Å². The Morgan fingerprint density at radius 2 is 2.27 bits per heavy atom. The van der Waals surface area contributed by atoms with Gasteiger partial charge in [-0.05, 0) is 19.4 Å². The van der Waals surface area contributed by atoms with Gasteiger partial charge in [0.25, 0.3) is 0 Å². The minimum Gasteiger partial charge on any atom is -0.493 e. The van der Waals surface area contributed by atoms with Gasteiger partial charge in [0.2, 0.25) is 5.91 Å². The molecule has 1 aliphatic rings. The second kappa shape index (κ2) is 8.71. The van der Waals surface area contributed by atoms with Gasteiger partial charge in [-0.2, -0.15) is 0 Å². The molecule has 1 N–H and O–H groups in total. The third-order valence-electron chi connectivity index (χ3n) is 4.65. The van der Waals surface area contributed by atoms with Crippen LogP contribution in [0.25, 0.3) is 0 Å². The Balaban J connectivity index is 1.66. The van der Waals surface area contributed by atoms with Crippen molar-refractivity contribution in [2.75, 3.05) is 26.8 Å². The highest BCUT2D eigenvalue weighted by molar-refractivity contribution is 5.82. The van der Waals surface area contributed by atoms with Crippen LogP contribution in [-0.4, -0.2) is 53.2 Å². The molecule has 0 saturated carbocycles. The lowest BCUT2D eigenvalue weighted by Crippen LogP contribution is -2.53. The molecule has 0 spiro atoms. The molecule has 26 heavy (non-hydrogen) atoms. The van der Waals surface area contributed by atoms with Gasteiger partial charge in [0, 0.05) is 44.1 Å². The van der Waals surface area contributed by atoms with E-state index in [0.29, 0.717) is 19.7 Å². The third kappa shape index (κ3) is 4.35. The van der Waals surface area contributed by atoms with E-state index in [-0.39, 0.29) is 11.9 Å². The van der Waals surface area contributed by atoms with Crippen LogP contribution in [0.4, 0.5) is 0 Å². The van der Waals surface area contributed by atoms with Gasteiger partial charge in [0.1, 0.15) is 0 Å². The third-order valence-corrected chi connectivity index (χ3v) is 4.65. The lowest BCUT2D eigenvalue weighted by Gasteiger charge is -2.33. The maximum atomic E-state index is 11.9. The van der Waals surface area contributed by atoms with Crippen LogP contribution >= 0.6 is 0 Å². The highest BCUT2D eigenvalue weighted by Gasteiger charge is 2.26. The summed E-state index contributed by atoms with van der Waals surface area (Å²) in [7, 11) is 1.65. The number of nitrogens with one attached hydrogen (secondary N) is 1. The van der Waals surface area contributed by atoms with Crippen molar-refractivity contribution >= 4 is 5.91 Å². The molecule has 7 nitrogen and oxygen atoms in total. The van der Waals surface area contributed by atoms with Crippen molar-refractivity contribution in [3.05, 3.63) is 42.5 Å². The molecule has 0 aliphatic carbocycles. The number of nitrogens with zero attached hydrogens (tertiary/aromatic N) is 3. The quantitative estimate of drug-likeness (QED) is 0.727. The number of carbonyl (C=O) groups excluding carboxylic acids is 1. The molecule has 0 bridgehead atoms. The number of rotatable bonds is 8. The van der Waals surface area contributed by atoms with Gasteiger partial charge >= 0.3 is 0 Å². The fourth-order valence-electron chi connectivity index (χ4n) is 3.12. The van der Waals surface area contributed by atoms with E-state index in [2.05, 4.69) is 15.2 Å². The molecule has 0 unspecified atom stereocenters. The summed E-state index contributed by atoms with van der Waals surface area (Å²) < 4.78 is 13.6. The average molecular weight is 358 g/mol. The number of imidazole rings is 1. The molecule has 2 heterocycles. The van der Waals surface area contributed by atoms with Gasteiger partial charge in [-0.15, -0.1) is 0 Å². The number of amides is 1. The van der Waals surface area contributed by atoms with E-state index >= 15 is 0 Å². The van der Waals surface area contributed by atoms with Crippen LogP contribution in [0.5, 0.6) is 11.5 Å². The van der Waals surface area contributed by atoms with E-state index in [9.17, 15) is 4.79 Å². The predicted molar refractivity (Wildman–Crippen MR) is 98.2 cm³/mol. The highest BCUT2D eigenvalue weighted by Crippen LogP contribution is 2.32. The van der Waals surface area contributed by atoms with Crippen LogP contribution in [-0.2, 0) is 17.9 Å². The molecule has 140 valence electrons. The summed E-state index contributed by atoms with van der Waals surface area (Å²) in [6.45, 7) is 5.52. The summed E-state index contributed by atoms with van der Waals surface area (Å²) in [5.74, 6) is 1.56. The molecule has 0 radical (unpaired) electrons. The number of ether oxygens (including phenoxy) is 2. The van der Waals surface area contributed by atoms with E-state index in [1.54, 1.807) is 19.6 Å². The summed E-state index contributed by atoms with van der Waals surface area (Å²) in [4.78, 5) is 18.1. The Labute approximate surface area is 153 Å². The molecule has 1 atom stereocenters. The van der Waals surface area contributed by atoms with Crippen LogP contribution in [0.2, 0.25) is 0 Å². The number of aryl methyl sites for hydroxylation is 1. The summed E-state index contributed by atoms with van der Waals surface area (Å²) in [6, 6.07) is 5.75. The number of hydrogen-bond acceptors (Lipinski definition) is 5. The Morgan fingerprint density at radius 1 is 1.38 bits per heavy atom. The van der Waals surface area contributed by atoms with E-state index in [1.165, 1.54) is 0 Å². The number of aromatic nitrogens is 2. The fraction of sp³-hybridized carbons (Fsp3) is 0.474. The maximum absolute atomic E-state index is 11.9. The largest absolute Gasteiger partial charge is 0.493 e. The van der Waals surface area contributed by atoms with Crippen molar-refractivity contribution in [3.63, 3.8) is 0 Å². The number of carbonyl (C=O) groups is 1. The number of para-hydroxylation sites is 1. The molecule has 2 aromatic rings. The monoisotopic (exact) mass is 358 g/mol. The van der Waals surface area contributed by atoms with Crippen molar-refractivity contribution in [1.82, 2.24) is 19.8 Å². The van der Waals surface area contributed by atoms with Crippen molar-refractivity contribution in [3.8, 4) is 11.5 Å². The maximum Gasteiger partial charge on any atom is 0.237 e. The molecule has 1 aliphatic heterocycles. The second-order valence-corrected chi connectivity index (χ2v) is 6.39. The number of methoxy groups -OCH3 is 1. The zero-order chi connectivity index (χ0) is 18.4.